The van der Waals surface area contributed by atoms with E-state index in [4.69, 9.17) is 4.74 Å². The molecule has 1 heterocycles. The number of allylic oxidation sites excluding steroid dienone is 1. The number of aliphatic hydroxyl groups is 1. The summed E-state index contributed by atoms with van der Waals surface area (Å²) in [6.07, 6.45) is 8.44. The minimum atomic E-state index is -1.05. The fraction of sp³-hybridized carbons (Fsp3) is 0.769. The zero-order chi connectivity index (χ0) is 11.6. The Morgan fingerprint density at radius 3 is 2.94 bits per heavy atom. The Hall–Kier alpha value is -0.670. The van der Waals surface area contributed by atoms with E-state index in [1.54, 1.807) is 6.08 Å². The highest BCUT2D eigenvalue weighted by molar-refractivity contribution is 5.81. The lowest BCUT2D eigenvalue weighted by atomic mass is 9.74. The highest BCUT2D eigenvalue weighted by Crippen LogP contribution is 2.48. The molecule has 3 heteroatoms. The van der Waals surface area contributed by atoms with Crippen LogP contribution in [0.15, 0.2) is 12.2 Å². The van der Waals surface area contributed by atoms with Gasteiger partial charge in [-0.15, -0.1) is 0 Å². The molecule has 1 saturated heterocycles. The molecule has 1 spiro atoms. The molecule has 2 atom stereocenters. The SMILES string of the molecule is CCCCC=C[C@]1(O)CC(=O)CC[C@]12CO2. The summed E-state index contributed by atoms with van der Waals surface area (Å²) in [6.45, 7) is 2.73. The number of hydrogen-bond donors (Lipinski definition) is 1. The lowest BCUT2D eigenvalue weighted by Crippen LogP contribution is -2.49. The van der Waals surface area contributed by atoms with Gasteiger partial charge in [0.05, 0.1) is 6.61 Å². The van der Waals surface area contributed by atoms with Gasteiger partial charge >= 0.3 is 0 Å². The maximum atomic E-state index is 11.4. The van der Waals surface area contributed by atoms with Crippen LogP contribution in [0.2, 0.25) is 0 Å². The van der Waals surface area contributed by atoms with Crippen molar-refractivity contribution in [1.82, 2.24) is 0 Å². The van der Waals surface area contributed by atoms with Gasteiger partial charge in [-0.05, 0) is 12.8 Å². The number of Topliss-reactive ketones (excluding diaryl/α,β-unsaturated/α-hetero) is 1. The van der Waals surface area contributed by atoms with Crippen molar-refractivity contribution in [3.63, 3.8) is 0 Å². The number of epoxide rings is 1. The van der Waals surface area contributed by atoms with E-state index in [-0.39, 0.29) is 12.2 Å². The third kappa shape index (κ3) is 2.06. The summed E-state index contributed by atoms with van der Waals surface area (Å²) >= 11 is 0. The first-order chi connectivity index (χ1) is 7.62. The van der Waals surface area contributed by atoms with Crippen molar-refractivity contribution in [2.45, 2.75) is 56.7 Å². The maximum Gasteiger partial charge on any atom is 0.136 e. The molecule has 1 N–H and O–H groups in total. The van der Waals surface area contributed by atoms with E-state index < -0.39 is 11.2 Å². The lowest BCUT2D eigenvalue weighted by Gasteiger charge is -2.34. The summed E-state index contributed by atoms with van der Waals surface area (Å²) in [5, 5.41) is 10.5. The Kier molecular flexibility index (Phi) is 3.17. The van der Waals surface area contributed by atoms with Crippen LogP contribution in [0.5, 0.6) is 0 Å². The summed E-state index contributed by atoms with van der Waals surface area (Å²) in [7, 11) is 0. The quantitative estimate of drug-likeness (QED) is 0.451. The molecular formula is C13H20O3. The molecular weight excluding hydrogens is 204 g/mol. The summed E-state index contributed by atoms with van der Waals surface area (Å²) in [4.78, 5) is 11.4. The normalized spacial score (nSPS) is 38.5. The molecule has 0 aromatic rings. The Balaban J connectivity index is 2.02. The van der Waals surface area contributed by atoms with Crippen LogP contribution in [-0.2, 0) is 9.53 Å². The molecule has 2 rings (SSSR count). The number of carbonyl (C=O) groups is 1. The third-order valence-electron chi connectivity index (χ3n) is 3.67. The largest absolute Gasteiger partial charge is 0.382 e. The zero-order valence-electron chi connectivity index (χ0n) is 9.87. The topological polar surface area (TPSA) is 49.8 Å². The zero-order valence-corrected chi connectivity index (χ0v) is 9.87. The van der Waals surface area contributed by atoms with Gasteiger partial charge in [0.1, 0.15) is 17.0 Å². The van der Waals surface area contributed by atoms with E-state index in [9.17, 15) is 9.90 Å². The van der Waals surface area contributed by atoms with Gasteiger partial charge in [0.15, 0.2) is 0 Å². The van der Waals surface area contributed by atoms with E-state index >= 15 is 0 Å². The van der Waals surface area contributed by atoms with Crippen LogP contribution in [0.25, 0.3) is 0 Å². The second kappa shape index (κ2) is 4.30. The van der Waals surface area contributed by atoms with Gasteiger partial charge in [0, 0.05) is 12.8 Å². The van der Waals surface area contributed by atoms with Gasteiger partial charge in [-0.3, -0.25) is 4.79 Å². The minimum absolute atomic E-state index is 0.142. The molecule has 0 amide bonds. The third-order valence-corrected chi connectivity index (χ3v) is 3.67. The van der Waals surface area contributed by atoms with E-state index in [0.717, 1.165) is 19.3 Å². The van der Waals surface area contributed by atoms with Gasteiger partial charge in [0.25, 0.3) is 0 Å². The van der Waals surface area contributed by atoms with Crippen LogP contribution in [0.4, 0.5) is 0 Å². The molecule has 0 bridgehead atoms. The predicted molar refractivity (Wildman–Crippen MR) is 61.2 cm³/mol. The predicted octanol–water partition coefficient (Wildman–Crippen LogP) is 1.99. The molecule has 2 fully saturated rings. The molecule has 90 valence electrons. The second-order valence-electron chi connectivity index (χ2n) is 4.97. The van der Waals surface area contributed by atoms with Gasteiger partial charge in [-0.2, -0.15) is 0 Å². The monoisotopic (exact) mass is 224 g/mol. The molecule has 0 radical (unpaired) electrons. The fourth-order valence-electron chi connectivity index (χ4n) is 2.40. The van der Waals surface area contributed by atoms with Crippen LogP contribution in [0.1, 0.15) is 45.4 Å². The van der Waals surface area contributed by atoms with Crippen molar-refractivity contribution >= 4 is 5.78 Å². The number of ketones is 1. The molecule has 1 saturated carbocycles. The summed E-state index contributed by atoms with van der Waals surface area (Å²) in [5.41, 5.74) is -1.49. The highest BCUT2D eigenvalue weighted by atomic mass is 16.6. The molecule has 16 heavy (non-hydrogen) atoms. The number of unbranched alkanes of at least 4 members (excludes halogenated alkanes) is 2. The maximum absolute atomic E-state index is 11.4. The van der Waals surface area contributed by atoms with E-state index in [2.05, 4.69) is 6.92 Å². The van der Waals surface area contributed by atoms with Crippen molar-refractivity contribution < 1.29 is 14.6 Å². The van der Waals surface area contributed by atoms with Crippen LogP contribution >= 0.6 is 0 Å². The fourth-order valence-corrected chi connectivity index (χ4v) is 2.40. The van der Waals surface area contributed by atoms with Gasteiger partial charge < -0.3 is 9.84 Å². The molecule has 0 unspecified atom stereocenters. The Morgan fingerprint density at radius 1 is 1.56 bits per heavy atom. The second-order valence-corrected chi connectivity index (χ2v) is 4.97. The first-order valence-electron chi connectivity index (χ1n) is 6.18. The Bertz CT molecular complexity index is 304. The van der Waals surface area contributed by atoms with Crippen molar-refractivity contribution in [2.24, 2.45) is 0 Å². The van der Waals surface area contributed by atoms with Gasteiger partial charge in [0.2, 0.25) is 0 Å². The molecule has 1 aliphatic heterocycles. The van der Waals surface area contributed by atoms with E-state index in [1.807, 2.05) is 6.08 Å². The number of rotatable bonds is 4. The summed E-state index contributed by atoms with van der Waals surface area (Å²) < 4.78 is 5.40. The van der Waals surface area contributed by atoms with E-state index in [1.165, 1.54) is 0 Å². The highest BCUT2D eigenvalue weighted by Gasteiger charge is 2.62. The Labute approximate surface area is 96.5 Å². The standard InChI is InChI=1S/C13H20O3/c1-2-3-4-5-7-12(15)9-11(14)6-8-13(12)10-16-13/h5,7,15H,2-4,6,8-10H2,1H3/t12-,13-/m0/s1. The first kappa shape index (κ1) is 11.8. The summed E-state index contributed by atoms with van der Waals surface area (Å²) in [6, 6.07) is 0. The van der Waals surface area contributed by atoms with Gasteiger partial charge in [-0.25, -0.2) is 0 Å². The Morgan fingerprint density at radius 2 is 2.31 bits per heavy atom. The van der Waals surface area contributed by atoms with E-state index in [0.29, 0.717) is 19.4 Å². The van der Waals surface area contributed by atoms with Crippen molar-refractivity contribution in [3.8, 4) is 0 Å². The van der Waals surface area contributed by atoms with Crippen LogP contribution in [0.3, 0.4) is 0 Å². The van der Waals surface area contributed by atoms with Crippen molar-refractivity contribution in [2.75, 3.05) is 6.61 Å². The molecule has 1 aliphatic carbocycles. The molecule has 3 nitrogen and oxygen atoms in total. The van der Waals surface area contributed by atoms with Crippen LogP contribution < -0.4 is 0 Å². The number of ether oxygens (including phenoxy) is 1. The first-order valence-corrected chi connectivity index (χ1v) is 6.18. The summed E-state index contributed by atoms with van der Waals surface area (Å²) in [5.74, 6) is 0.142. The average Bonchev–Trinajstić information content (AvgIpc) is 3.02. The van der Waals surface area contributed by atoms with Crippen LogP contribution in [0, 0.1) is 0 Å². The number of carbonyl (C=O) groups excluding carboxylic acids is 1. The van der Waals surface area contributed by atoms with Crippen molar-refractivity contribution in [3.05, 3.63) is 12.2 Å². The lowest BCUT2D eigenvalue weighted by molar-refractivity contribution is -0.130. The van der Waals surface area contributed by atoms with Crippen LogP contribution in [-0.4, -0.2) is 28.7 Å². The van der Waals surface area contributed by atoms with Gasteiger partial charge in [-0.1, -0.05) is 31.9 Å². The average molecular weight is 224 g/mol. The molecule has 2 aliphatic rings. The van der Waals surface area contributed by atoms with Crippen molar-refractivity contribution in [1.29, 1.82) is 0 Å². The smallest absolute Gasteiger partial charge is 0.136 e. The molecule has 0 aromatic heterocycles. The molecule has 0 aromatic carbocycles. The number of hydrogen-bond acceptors (Lipinski definition) is 3. The minimum Gasteiger partial charge on any atom is -0.382 e.